The van der Waals surface area contributed by atoms with Crippen LogP contribution in [0, 0.1) is 11.8 Å². The smallest absolute Gasteiger partial charge is 0.414 e. The summed E-state index contributed by atoms with van der Waals surface area (Å²) in [4.78, 5) is 20.8. The van der Waals surface area contributed by atoms with Crippen molar-refractivity contribution in [3.63, 3.8) is 0 Å². The Morgan fingerprint density at radius 1 is 1.13 bits per heavy atom. The quantitative estimate of drug-likeness (QED) is 0.697. The Morgan fingerprint density at radius 2 is 1.83 bits per heavy atom. The minimum atomic E-state index is -1.82. The molecule has 4 saturated heterocycles. The van der Waals surface area contributed by atoms with Gasteiger partial charge in [0.25, 0.3) is 0 Å². The summed E-state index contributed by atoms with van der Waals surface area (Å²) in [6.45, 7) is 4.35. The molecule has 126 valence electrons. The van der Waals surface area contributed by atoms with Crippen LogP contribution in [0.5, 0.6) is 0 Å². The molecule has 0 spiro atoms. The Hall–Kier alpha value is -1.86. The summed E-state index contributed by atoms with van der Waals surface area (Å²) in [5.41, 5.74) is 1.60. The molecule has 1 aliphatic carbocycles. The minimum absolute atomic E-state index is 0.213. The van der Waals surface area contributed by atoms with Crippen molar-refractivity contribution in [3.8, 4) is 0 Å². The zero-order valence-electron chi connectivity index (χ0n) is 12.8. The van der Waals surface area contributed by atoms with Crippen LogP contribution < -0.4 is 0 Å². The number of rotatable bonds is 1. The number of hydrogen-bond acceptors (Lipinski definition) is 5. The van der Waals surface area contributed by atoms with Gasteiger partial charge in [-0.1, -0.05) is 11.6 Å². The second-order valence-corrected chi connectivity index (χ2v) is 6.29. The fourth-order valence-corrected chi connectivity index (χ4v) is 3.81. The van der Waals surface area contributed by atoms with Crippen molar-refractivity contribution in [2.75, 3.05) is 26.4 Å². The van der Waals surface area contributed by atoms with Crippen molar-refractivity contribution >= 4 is 11.9 Å². The number of carbonyl (C=O) groups is 2. The molecule has 5 aliphatic rings. The van der Waals surface area contributed by atoms with Gasteiger partial charge in [0.05, 0.1) is 0 Å². The molecule has 23 heavy (non-hydrogen) atoms. The zero-order chi connectivity index (χ0) is 16.4. The first-order valence-electron chi connectivity index (χ1n) is 7.88. The second-order valence-electron chi connectivity index (χ2n) is 6.29. The van der Waals surface area contributed by atoms with Gasteiger partial charge in [-0.15, -0.1) is 0 Å². The van der Waals surface area contributed by atoms with Gasteiger partial charge in [-0.3, -0.25) is 0 Å². The number of aliphatic carboxylic acids is 2. The molecule has 4 heterocycles. The standard InChI is InChI=1S/C14H19NO2.C2H2O4/c1-2-13-14(17-9-16-13)7-11(1)12-8-15-5-3-10(12)4-6-15;3-1(4)2(5)6/h1-2,10,12,14H,3-9H2;(H,3,4)(H,5,6). The van der Waals surface area contributed by atoms with Crippen LogP contribution in [0.15, 0.2) is 23.5 Å². The topological polar surface area (TPSA) is 96.3 Å². The second kappa shape index (κ2) is 6.72. The molecule has 4 aliphatic heterocycles. The van der Waals surface area contributed by atoms with E-state index in [4.69, 9.17) is 29.3 Å². The van der Waals surface area contributed by atoms with Crippen molar-refractivity contribution < 1.29 is 29.3 Å². The van der Waals surface area contributed by atoms with Crippen LogP contribution in [0.3, 0.4) is 0 Å². The highest BCUT2D eigenvalue weighted by atomic mass is 16.7. The first-order chi connectivity index (χ1) is 11.0. The molecule has 2 unspecified atom stereocenters. The van der Waals surface area contributed by atoms with E-state index in [1.165, 1.54) is 32.5 Å². The molecule has 2 atom stereocenters. The fourth-order valence-electron chi connectivity index (χ4n) is 3.81. The maximum atomic E-state index is 9.10. The molecule has 5 rings (SSSR count). The number of fused-ring (bicyclic) bond motifs is 4. The molecule has 0 radical (unpaired) electrons. The summed E-state index contributed by atoms with van der Waals surface area (Å²) in [5.74, 6) is -0.914. The average Bonchev–Trinajstić information content (AvgIpc) is 3.04. The van der Waals surface area contributed by atoms with Crippen molar-refractivity contribution in [3.05, 3.63) is 23.5 Å². The highest BCUT2D eigenvalue weighted by molar-refractivity contribution is 6.27. The van der Waals surface area contributed by atoms with Gasteiger partial charge in [0, 0.05) is 13.0 Å². The molecule has 7 heteroatoms. The van der Waals surface area contributed by atoms with Gasteiger partial charge < -0.3 is 24.6 Å². The van der Waals surface area contributed by atoms with E-state index in [1.807, 2.05) is 0 Å². The number of hydrogen-bond donors (Lipinski definition) is 2. The van der Waals surface area contributed by atoms with Crippen LogP contribution >= 0.6 is 0 Å². The molecular weight excluding hydrogens is 302 g/mol. The van der Waals surface area contributed by atoms with E-state index in [9.17, 15) is 0 Å². The Kier molecular flexibility index (Phi) is 4.68. The number of ether oxygens (including phenoxy) is 2. The fraction of sp³-hybridized carbons (Fsp3) is 0.625. The first-order valence-corrected chi connectivity index (χ1v) is 7.88. The van der Waals surface area contributed by atoms with E-state index >= 15 is 0 Å². The summed E-state index contributed by atoms with van der Waals surface area (Å²) < 4.78 is 11.1. The third-order valence-electron chi connectivity index (χ3n) is 5.01. The van der Waals surface area contributed by atoms with Gasteiger partial charge in [-0.05, 0) is 43.8 Å². The van der Waals surface area contributed by atoms with Gasteiger partial charge in [0.2, 0.25) is 0 Å². The van der Waals surface area contributed by atoms with Crippen LogP contribution in [0.25, 0.3) is 0 Å². The molecule has 2 N–H and O–H groups in total. The van der Waals surface area contributed by atoms with E-state index in [2.05, 4.69) is 17.1 Å². The highest BCUT2D eigenvalue weighted by Gasteiger charge is 2.38. The summed E-state index contributed by atoms with van der Waals surface area (Å²) in [6.07, 6.45) is 8.48. The SMILES string of the molecule is C1=C2OCOC2CC(C2CN3CCC2CC3)=C1.O=C(O)C(=O)O. The maximum Gasteiger partial charge on any atom is 0.414 e. The van der Waals surface area contributed by atoms with E-state index in [-0.39, 0.29) is 6.10 Å². The average molecular weight is 323 g/mol. The lowest BCUT2D eigenvalue weighted by molar-refractivity contribution is -0.159. The monoisotopic (exact) mass is 323 g/mol. The van der Waals surface area contributed by atoms with E-state index in [0.29, 0.717) is 6.79 Å². The molecule has 7 nitrogen and oxygen atoms in total. The van der Waals surface area contributed by atoms with E-state index in [0.717, 1.165) is 24.0 Å². The molecular formula is C16H21NO6. The normalized spacial score (nSPS) is 34.3. The Labute approximate surface area is 134 Å². The lowest BCUT2D eigenvalue weighted by Crippen LogP contribution is -2.48. The van der Waals surface area contributed by atoms with Gasteiger partial charge in [0.15, 0.2) is 6.79 Å². The van der Waals surface area contributed by atoms with Crippen molar-refractivity contribution in [1.82, 2.24) is 4.90 Å². The number of piperidine rings is 3. The lowest BCUT2D eigenvalue weighted by atomic mass is 9.73. The van der Waals surface area contributed by atoms with Gasteiger partial charge in [-0.2, -0.15) is 0 Å². The zero-order valence-corrected chi connectivity index (χ0v) is 12.8. The van der Waals surface area contributed by atoms with Crippen LogP contribution in [0.2, 0.25) is 0 Å². The minimum Gasteiger partial charge on any atom is -0.473 e. The molecule has 0 aromatic rings. The van der Waals surface area contributed by atoms with Crippen LogP contribution in [-0.4, -0.2) is 59.6 Å². The Bertz CT molecular complexity index is 535. The summed E-state index contributed by atoms with van der Waals surface area (Å²) in [5, 5.41) is 14.8. The third-order valence-corrected chi connectivity index (χ3v) is 5.01. The summed E-state index contributed by atoms with van der Waals surface area (Å²) >= 11 is 0. The van der Waals surface area contributed by atoms with Crippen LogP contribution in [0.1, 0.15) is 19.3 Å². The summed E-state index contributed by atoms with van der Waals surface area (Å²) in [6, 6.07) is 0. The van der Waals surface area contributed by atoms with Gasteiger partial charge >= 0.3 is 11.9 Å². The van der Waals surface area contributed by atoms with Gasteiger partial charge in [-0.25, -0.2) is 9.59 Å². The molecule has 0 aromatic carbocycles. The molecule has 4 fully saturated rings. The molecule has 0 aromatic heterocycles. The predicted octanol–water partition coefficient (Wildman–Crippen LogP) is 1.07. The van der Waals surface area contributed by atoms with Crippen molar-refractivity contribution in [2.45, 2.75) is 25.4 Å². The van der Waals surface area contributed by atoms with Gasteiger partial charge in [0.1, 0.15) is 11.9 Å². The number of carboxylic acid groups (broad SMARTS) is 2. The van der Waals surface area contributed by atoms with E-state index < -0.39 is 11.9 Å². The predicted molar refractivity (Wildman–Crippen MR) is 79.5 cm³/mol. The molecule has 0 amide bonds. The lowest BCUT2D eigenvalue weighted by Gasteiger charge is -2.46. The highest BCUT2D eigenvalue weighted by Crippen LogP contribution is 2.40. The third kappa shape index (κ3) is 3.56. The molecule has 2 bridgehead atoms. The van der Waals surface area contributed by atoms with Crippen LogP contribution in [-0.2, 0) is 19.1 Å². The summed E-state index contributed by atoms with van der Waals surface area (Å²) in [7, 11) is 0. The molecule has 0 saturated carbocycles. The van der Waals surface area contributed by atoms with Crippen LogP contribution in [0.4, 0.5) is 0 Å². The van der Waals surface area contributed by atoms with E-state index in [1.54, 1.807) is 5.57 Å². The van der Waals surface area contributed by atoms with Crippen molar-refractivity contribution in [2.24, 2.45) is 11.8 Å². The maximum absolute atomic E-state index is 9.10. The largest absolute Gasteiger partial charge is 0.473 e. The number of nitrogens with zero attached hydrogens (tertiary/aromatic N) is 1. The Balaban J connectivity index is 0.000000227. The first kappa shape index (κ1) is 16.0. The van der Waals surface area contributed by atoms with Crippen molar-refractivity contribution in [1.29, 1.82) is 0 Å². The number of carboxylic acids is 2. The number of allylic oxidation sites excluding steroid dienone is 2. The Morgan fingerprint density at radius 3 is 2.39 bits per heavy atom.